The van der Waals surface area contributed by atoms with Gasteiger partial charge in [-0.3, -0.25) is 4.79 Å². The topological polar surface area (TPSA) is 38.3 Å². The van der Waals surface area contributed by atoms with Crippen LogP contribution in [0, 0.1) is 24.2 Å². The van der Waals surface area contributed by atoms with E-state index in [1.807, 2.05) is 0 Å². The van der Waals surface area contributed by atoms with Crippen LogP contribution in [0.1, 0.15) is 19.3 Å². The van der Waals surface area contributed by atoms with Gasteiger partial charge in [0.2, 0.25) is 0 Å². The van der Waals surface area contributed by atoms with Gasteiger partial charge in [-0.1, -0.05) is 0 Å². The van der Waals surface area contributed by atoms with Gasteiger partial charge in [0.05, 0.1) is 12.5 Å². The van der Waals surface area contributed by atoms with E-state index in [-0.39, 0.29) is 11.9 Å². The predicted molar refractivity (Wildman–Crippen MR) is 52.4 cm³/mol. The SMILES string of the molecule is C#CCCCOC(=O)C1C2CNC1C2. The van der Waals surface area contributed by atoms with E-state index in [0.29, 0.717) is 25.0 Å². The molecule has 2 bridgehead atoms. The molecule has 76 valence electrons. The van der Waals surface area contributed by atoms with Gasteiger partial charge in [0.25, 0.3) is 0 Å². The third kappa shape index (κ3) is 1.62. The quantitative estimate of drug-likeness (QED) is 0.402. The van der Waals surface area contributed by atoms with Gasteiger partial charge in [-0.25, -0.2) is 0 Å². The molecule has 3 aliphatic rings. The fourth-order valence-electron chi connectivity index (χ4n) is 2.28. The number of hydrogen-bond donors (Lipinski definition) is 1. The number of terminal acetylenes is 1. The molecule has 3 nitrogen and oxygen atoms in total. The van der Waals surface area contributed by atoms with Gasteiger partial charge in [-0.15, -0.1) is 12.3 Å². The Bertz CT molecular complexity index is 255. The summed E-state index contributed by atoms with van der Waals surface area (Å²) in [6, 6.07) is 0.389. The zero-order valence-electron chi connectivity index (χ0n) is 8.16. The van der Waals surface area contributed by atoms with Crippen LogP contribution in [0.4, 0.5) is 0 Å². The van der Waals surface area contributed by atoms with E-state index in [2.05, 4.69) is 11.2 Å². The fraction of sp³-hybridized carbons (Fsp3) is 0.727. The fourth-order valence-corrected chi connectivity index (χ4v) is 2.28. The molecule has 14 heavy (non-hydrogen) atoms. The van der Waals surface area contributed by atoms with Crippen molar-refractivity contribution in [2.24, 2.45) is 11.8 Å². The summed E-state index contributed by atoms with van der Waals surface area (Å²) in [6.45, 7) is 1.45. The summed E-state index contributed by atoms with van der Waals surface area (Å²) in [7, 11) is 0. The van der Waals surface area contributed by atoms with Gasteiger partial charge < -0.3 is 10.1 Å². The normalized spacial score (nSPS) is 33.2. The van der Waals surface area contributed by atoms with Crippen molar-refractivity contribution in [2.75, 3.05) is 13.2 Å². The molecule has 1 saturated carbocycles. The van der Waals surface area contributed by atoms with E-state index < -0.39 is 0 Å². The van der Waals surface area contributed by atoms with Crippen molar-refractivity contribution in [2.45, 2.75) is 25.3 Å². The molecule has 0 aromatic carbocycles. The Morgan fingerprint density at radius 3 is 3.07 bits per heavy atom. The van der Waals surface area contributed by atoms with Crippen molar-refractivity contribution in [3.8, 4) is 12.3 Å². The van der Waals surface area contributed by atoms with Gasteiger partial charge in [0.1, 0.15) is 0 Å². The summed E-state index contributed by atoms with van der Waals surface area (Å²) >= 11 is 0. The molecular formula is C11H15NO2. The monoisotopic (exact) mass is 193 g/mol. The minimum Gasteiger partial charge on any atom is -0.465 e. The molecule has 3 fully saturated rings. The summed E-state index contributed by atoms with van der Waals surface area (Å²) < 4.78 is 5.15. The number of carbonyl (C=O) groups is 1. The Hall–Kier alpha value is -1.01. The molecule has 2 heterocycles. The lowest BCUT2D eigenvalue weighted by Gasteiger charge is -2.32. The molecule has 0 amide bonds. The van der Waals surface area contributed by atoms with E-state index in [9.17, 15) is 4.79 Å². The number of carbonyl (C=O) groups excluding carboxylic acids is 1. The predicted octanol–water partition coefficient (Wildman–Crippen LogP) is 0.551. The van der Waals surface area contributed by atoms with Crippen LogP contribution in [-0.4, -0.2) is 25.2 Å². The maximum Gasteiger partial charge on any atom is 0.310 e. The smallest absolute Gasteiger partial charge is 0.310 e. The molecule has 0 aromatic heterocycles. The third-order valence-electron chi connectivity index (χ3n) is 3.12. The van der Waals surface area contributed by atoms with Crippen molar-refractivity contribution in [3.63, 3.8) is 0 Å². The second-order valence-corrected chi connectivity index (χ2v) is 4.01. The molecule has 3 unspecified atom stereocenters. The zero-order chi connectivity index (χ0) is 9.97. The van der Waals surface area contributed by atoms with Crippen LogP contribution >= 0.6 is 0 Å². The highest BCUT2D eigenvalue weighted by molar-refractivity contribution is 5.75. The molecule has 2 aliphatic heterocycles. The average molecular weight is 193 g/mol. The lowest BCUT2D eigenvalue weighted by molar-refractivity contribution is -0.153. The minimum absolute atomic E-state index is 0.0340. The molecule has 2 saturated heterocycles. The molecule has 0 radical (unpaired) electrons. The van der Waals surface area contributed by atoms with Gasteiger partial charge in [0, 0.05) is 12.5 Å². The van der Waals surface area contributed by atoms with Crippen molar-refractivity contribution < 1.29 is 9.53 Å². The van der Waals surface area contributed by atoms with E-state index in [4.69, 9.17) is 11.2 Å². The Morgan fingerprint density at radius 1 is 1.64 bits per heavy atom. The van der Waals surface area contributed by atoms with E-state index in [1.165, 1.54) is 0 Å². The largest absolute Gasteiger partial charge is 0.465 e. The van der Waals surface area contributed by atoms with Crippen molar-refractivity contribution in [3.05, 3.63) is 0 Å². The lowest BCUT2D eigenvalue weighted by Crippen LogP contribution is -2.43. The van der Waals surface area contributed by atoms with Crippen LogP contribution in [0.25, 0.3) is 0 Å². The number of rotatable bonds is 4. The van der Waals surface area contributed by atoms with Gasteiger partial charge in [-0.05, 0) is 25.3 Å². The van der Waals surface area contributed by atoms with E-state index in [0.717, 1.165) is 19.4 Å². The molecule has 3 heteroatoms. The molecule has 1 aliphatic carbocycles. The van der Waals surface area contributed by atoms with Crippen LogP contribution in [0.2, 0.25) is 0 Å². The number of esters is 1. The molecular weight excluding hydrogens is 178 g/mol. The van der Waals surface area contributed by atoms with E-state index in [1.54, 1.807) is 0 Å². The Kier molecular flexibility index (Phi) is 2.74. The highest BCUT2D eigenvalue weighted by Crippen LogP contribution is 2.40. The van der Waals surface area contributed by atoms with Gasteiger partial charge in [-0.2, -0.15) is 0 Å². The summed E-state index contributed by atoms with van der Waals surface area (Å²) in [5.41, 5.74) is 0. The average Bonchev–Trinajstić information content (AvgIpc) is 2.73. The summed E-state index contributed by atoms with van der Waals surface area (Å²) in [6.07, 6.45) is 7.70. The Labute approximate surface area is 84.2 Å². The van der Waals surface area contributed by atoms with Crippen molar-refractivity contribution >= 4 is 5.97 Å². The lowest BCUT2D eigenvalue weighted by atomic mass is 9.74. The maximum absolute atomic E-state index is 11.5. The first kappa shape index (κ1) is 9.54. The third-order valence-corrected chi connectivity index (χ3v) is 3.12. The molecule has 3 rings (SSSR count). The Balaban J connectivity index is 1.67. The van der Waals surface area contributed by atoms with E-state index >= 15 is 0 Å². The van der Waals surface area contributed by atoms with Crippen molar-refractivity contribution in [1.82, 2.24) is 5.32 Å². The Morgan fingerprint density at radius 2 is 2.50 bits per heavy atom. The first-order valence-electron chi connectivity index (χ1n) is 5.16. The number of hydrogen-bond acceptors (Lipinski definition) is 3. The zero-order valence-corrected chi connectivity index (χ0v) is 8.16. The van der Waals surface area contributed by atoms with Gasteiger partial charge in [0.15, 0.2) is 0 Å². The minimum atomic E-state index is -0.0340. The highest BCUT2D eigenvalue weighted by Gasteiger charge is 2.51. The van der Waals surface area contributed by atoms with Crippen LogP contribution in [-0.2, 0) is 9.53 Å². The standard InChI is InChI=1S/C11H15NO2/c1-2-3-4-5-14-11(13)10-8-6-9(10)12-7-8/h1,8-10,12H,3-7H2. The number of ether oxygens (including phenoxy) is 1. The van der Waals surface area contributed by atoms with Crippen LogP contribution in [0.3, 0.4) is 0 Å². The van der Waals surface area contributed by atoms with Gasteiger partial charge >= 0.3 is 5.97 Å². The maximum atomic E-state index is 11.5. The summed E-state index contributed by atoms with van der Waals surface area (Å²) in [4.78, 5) is 11.5. The molecule has 0 aromatic rings. The molecule has 3 atom stereocenters. The number of fused-ring (bicyclic) bond motifs is 1. The second kappa shape index (κ2) is 4.02. The molecule has 0 spiro atoms. The molecule has 1 N–H and O–H groups in total. The number of nitrogens with one attached hydrogen (secondary N) is 1. The van der Waals surface area contributed by atoms with Crippen molar-refractivity contribution in [1.29, 1.82) is 0 Å². The highest BCUT2D eigenvalue weighted by atomic mass is 16.5. The summed E-state index contributed by atoms with van der Waals surface area (Å²) in [5.74, 6) is 3.14. The second-order valence-electron chi connectivity index (χ2n) is 4.01. The van der Waals surface area contributed by atoms with Crippen LogP contribution in [0.5, 0.6) is 0 Å². The first-order valence-corrected chi connectivity index (χ1v) is 5.16. The first-order chi connectivity index (χ1) is 6.83. The van der Waals surface area contributed by atoms with Crippen LogP contribution < -0.4 is 5.32 Å². The summed E-state index contributed by atoms with van der Waals surface area (Å²) in [5, 5.41) is 3.29. The number of unbranched alkanes of at least 4 members (excludes halogenated alkanes) is 1. The van der Waals surface area contributed by atoms with Crippen LogP contribution in [0.15, 0.2) is 0 Å².